The summed E-state index contributed by atoms with van der Waals surface area (Å²) in [6, 6.07) is 11.2. The van der Waals surface area contributed by atoms with Crippen molar-refractivity contribution in [3.8, 4) is 5.75 Å². The Hall–Kier alpha value is -2.04. The molecule has 0 fully saturated rings. The highest BCUT2D eigenvalue weighted by Crippen LogP contribution is 2.21. The summed E-state index contributed by atoms with van der Waals surface area (Å²) in [7, 11) is 0. The van der Waals surface area contributed by atoms with Gasteiger partial charge in [0.05, 0.1) is 11.3 Å². The van der Waals surface area contributed by atoms with Crippen molar-refractivity contribution in [3.63, 3.8) is 0 Å². The highest BCUT2D eigenvalue weighted by atomic mass is 35.5. The Balaban J connectivity index is 2.19. The van der Waals surface area contributed by atoms with E-state index >= 15 is 0 Å². The molecule has 0 radical (unpaired) electrons. The fourth-order valence-electron chi connectivity index (χ4n) is 1.70. The van der Waals surface area contributed by atoms with Crippen LogP contribution in [-0.4, -0.2) is 16.7 Å². The van der Waals surface area contributed by atoms with Gasteiger partial charge in [0.25, 0.3) is 5.91 Å². The van der Waals surface area contributed by atoms with E-state index in [2.05, 4.69) is 10.5 Å². The lowest BCUT2D eigenvalue weighted by atomic mass is 10.1. The average molecular weight is 323 g/mol. The Kier molecular flexibility index (Phi) is 4.83. The number of carbonyl (C=O) groups is 1. The summed E-state index contributed by atoms with van der Waals surface area (Å²) in [5.74, 6) is -0.616. The second-order valence-electron chi connectivity index (χ2n) is 4.28. The summed E-state index contributed by atoms with van der Waals surface area (Å²) >= 11 is 12.0. The molecule has 108 valence electrons. The summed E-state index contributed by atoms with van der Waals surface area (Å²) in [5, 5.41) is 14.6. The molecule has 0 atom stereocenters. The molecule has 0 unspecified atom stereocenters. The molecule has 0 aliphatic heterocycles. The third-order valence-electron chi connectivity index (χ3n) is 2.79. The molecule has 0 saturated carbocycles. The summed E-state index contributed by atoms with van der Waals surface area (Å²) in [6.07, 6.45) is 0. The Morgan fingerprint density at radius 2 is 1.86 bits per heavy atom. The van der Waals surface area contributed by atoms with E-state index in [-0.39, 0.29) is 11.3 Å². The van der Waals surface area contributed by atoms with Gasteiger partial charge in [-0.05, 0) is 37.3 Å². The van der Waals surface area contributed by atoms with Gasteiger partial charge in [-0.15, -0.1) is 0 Å². The minimum absolute atomic E-state index is 0.108. The molecule has 0 aromatic heterocycles. The van der Waals surface area contributed by atoms with E-state index in [1.807, 2.05) is 0 Å². The predicted octanol–water partition coefficient (Wildman–Crippen LogP) is 3.85. The molecule has 0 aliphatic rings. The summed E-state index contributed by atoms with van der Waals surface area (Å²) in [4.78, 5) is 11.9. The van der Waals surface area contributed by atoms with Gasteiger partial charge in [-0.1, -0.05) is 35.3 Å². The first kappa shape index (κ1) is 15.4. The normalized spacial score (nSPS) is 11.3. The summed E-state index contributed by atoms with van der Waals surface area (Å²) in [5.41, 5.74) is 3.65. The van der Waals surface area contributed by atoms with Crippen molar-refractivity contribution in [1.29, 1.82) is 0 Å². The molecular formula is C15H12Cl2N2O2. The van der Waals surface area contributed by atoms with Gasteiger partial charge in [-0.25, -0.2) is 5.43 Å². The molecule has 0 aliphatic carbocycles. The van der Waals surface area contributed by atoms with Gasteiger partial charge in [0.1, 0.15) is 5.75 Å². The maximum atomic E-state index is 11.9. The minimum atomic E-state index is -0.509. The van der Waals surface area contributed by atoms with Crippen LogP contribution in [0.4, 0.5) is 0 Å². The third kappa shape index (κ3) is 3.74. The van der Waals surface area contributed by atoms with Gasteiger partial charge >= 0.3 is 0 Å². The van der Waals surface area contributed by atoms with E-state index in [0.29, 0.717) is 21.3 Å². The van der Waals surface area contributed by atoms with E-state index in [1.54, 1.807) is 37.3 Å². The maximum absolute atomic E-state index is 11.9. The van der Waals surface area contributed by atoms with Crippen molar-refractivity contribution >= 4 is 34.8 Å². The number of hydrazone groups is 1. The molecule has 21 heavy (non-hydrogen) atoms. The monoisotopic (exact) mass is 322 g/mol. The lowest BCUT2D eigenvalue weighted by molar-refractivity contribution is 0.0952. The number of rotatable bonds is 3. The number of halogens is 2. The Morgan fingerprint density at radius 3 is 2.57 bits per heavy atom. The zero-order chi connectivity index (χ0) is 15.4. The van der Waals surface area contributed by atoms with Crippen LogP contribution in [0.5, 0.6) is 5.75 Å². The number of aromatic hydroxyl groups is 1. The molecule has 4 nitrogen and oxygen atoms in total. The SMILES string of the molecule is C/C(=N/NC(=O)c1ccccc1O)c1cc(Cl)ccc1Cl. The van der Waals surface area contributed by atoms with Crippen molar-refractivity contribution in [2.24, 2.45) is 5.10 Å². The Morgan fingerprint density at radius 1 is 1.14 bits per heavy atom. The molecule has 0 spiro atoms. The van der Waals surface area contributed by atoms with Crippen molar-refractivity contribution < 1.29 is 9.90 Å². The third-order valence-corrected chi connectivity index (χ3v) is 3.36. The number of amides is 1. The first-order chi connectivity index (χ1) is 9.99. The molecule has 2 rings (SSSR count). The second kappa shape index (κ2) is 6.61. The fourth-order valence-corrected chi connectivity index (χ4v) is 2.12. The van der Waals surface area contributed by atoms with Crippen molar-refractivity contribution in [1.82, 2.24) is 5.43 Å². The number of carbonyl (C=O) groups excluding carboxylic acids is 1. The lowest BCUT2D eigenvalue weighted by Crippen LogP contribution is -2.19. The summed E-state index contributed by atoms with van der Waals surface area (Å²) in [6.45, 7) is 1.70. The zero-order valence-electron chi connectivity index (χ0n) is 11.1. The number of benzene rings is 2. The van der Waals surface area contributed by atoms with Crippen molar-refractivity contribution in [2.45, 2.75) is 6.92 Å². The zero-order valence-corrected chi connectivity index (χ0v) is 12.6. The largest absolute Gasteiger partial charge is 0.507 e. The molecule has 0 bridgehead atoms. The molecule has 2 N–H and O–H groups in total. The van der Waals surface area contributed by atoms with Gasteiger partial charge in [-0.2, -0.15) is 5.10 Å². The van der Waals surface area contributed by atoms with E-state index in [9.17, 15) is 9.90 Å². The molecule has 1 amide bonds. The van der Waals surface area contributed by atoms with Crippen LogP contribution in [0.25, 0.3) is 0 Å². The van der Waals surface area contributed by atoms with Crippen LogP contribution in [0.1, 0.15) is 22.8 Å². The highest BCUT2D eigenvalue weighted by Gasteiger charge is 2.10. The van der Waals surface area contributed by atoms with E-state index < -0.39 is 5.91 Å². The lowest BCUT2D eigenvalue weighted by Gasteiger charge is -2.06. The van der Waals surface area contributed by atoms with Crippen molar-refractivity contribution in [2.75, 3.05) is 0 Å². The highest BCUT2D eigenvalue weighted by molar-refractivity contribution is 6.36. The molecule has 0 heterocycles. The van der Waals surface area contributed by atoms with Gasteiger partial charge in [0.15, 0.2) is 0 Å². The van der Waals surface area contributed by atoms with Gasteiger partial charge in [0.2, 0.25) is 0 Å². The number of phenolic OH excluding ortho intramolecular Hbond substituents is 1. The average Bonchev–Trinajstić information content (AvgIpc) is 2.47. The smallest absolute Gasteiger partial charge is 0.275 e. The van der Waals surface area contributed by atoms with Gasteiger partial charge in [0, 0.05) is 15.6 Å². The van der Waals surface area contributed by atoms with E-state index in [1.165, 1.54) is 12.1 Å². The maximum Gasteiger partial charge on any atom is 0.275 e. The molecule has 0 saturated heterocycles. The van der Waals surface area contributed by atoms with E-state index in [4.69, 9.17) is 23.2 Å². The van der Waals surface area contributed by atoms with Gasteiger partial charge in [-0.3, -0.25) is 4.79 Å². The predicted molar refractivity (Wildman–Crippen MR) is 84.2 cm³/mol. The first-order valence-electron chi connectivity index (χ1n) is 6.07. The summed E-state index contributed by atoms with van der Waals surface area (Å²) < 4.78 is 0. The van der Waals surface area contributed by atoms with Crippen LogP contribution < -0.4 is 5.43 Å². The van der Waals surface area contributed by atoms with Crippen LogP contribution in [0.3, 0.4) is 0 Å². The standard InChI is InChI=1S/C15H12Cl2N2O2/c1-9(12-8-10(16)6-7-13(12)17)18-19-15(21)11-4-2-3-5-14(11)20/h2-8,20H,1H3,(H,19,21)/b18-9-. The van der Waals surface area contributed by atoms with Crippen LogP contribution >= 0.6 is 23.2 Å². The number of para-hydroxylation sites is 1. The van der Waals surface area contributed by atoms with Gasteiger partial charge < -0.3 is 5.11 Å². The van der Waals surface area contributed by atoms with E-state index in [0.717, 1.165) is 0 Å². The fraction of sp³-hybridized carbons (Fsp3) is 0.0667. The Bertz CT molecular complexity index is 715. The number of nitrogens with one attached hydrogen (secondary N) is 1. The van der Waals surface area contributed by atoms with Crippen LogP contribution in [0.15, 0.2) is 47.6 Å². The molecule has 2 aromatic rings. The number of phenols is 1. The van der Waals surface area contributed by atoms with Crippen molar-refractivity contribution in [3.05, 3.63) is 63.6 Å². The molecule has 2 aromatic carbocycles. The van der Waals surface area contributed by atoms with Crippen LogP contribution in [0, 0.1) is 0 Å². The second-order valence-corrected chi connectivity index (χ2v) is 5.12. The quantitative estimate of drug-likeness (QED) is 0.666. The minimum Gasteiger partial charge on any atom is -0.507 e. The van der Waals surface area contributed by atoms with Crippen LogP contribution in [-0.2, 0) is 0 Å². The number of hydrogen-bond acceptors (Lipinski definition) is 3. The Labute approximate surface area is 132 Å². The molecule has 6 heteroatoms. The van der Waals surface area contributed by atoms with Crippen LogP contribution in [0.2, 0.25) is 10.0 Å². The molecular weight excluding hydrogens is 311 g/mol. The first-order valence-corrected chi connectivity index (χ1v) is 6.82. The topological polar surface area (TPSA) is 61.7 Å². The number of nitrogens with zero attached hydrogens (tertiary/aromatic N) is 1. The number of hydrogen-bond donors (Lipinski definition) is 2.